The number of hydrogen-bond acceptors (Lipinski definition) is 6. The number of carbonyl (C=O) groups excluding carboxylic acids is 1. The minimum absolute atomic E-state index is 0.118. The van der Waals surface area contributed by atoms with Crippen molar-refractivity contribution in [3.8, 4) is 0 Å². The zero-order valence-electron chi connectivity index (χ0n) is 18.9. The zero-order chi connectivity index (χ0) is 24.6. The first kappa shape index (κ1) is 26.3. The highest BCUT2D eigenvalue weighted by Crippen LogP contribution is 2.41. The number of rotatable bonds is 6. The van der Waals surface area contributed by atoms with E-state index in [1.807, 2.05) is 33.9 Å². The largest absolute Gasteiger partial charge is 0.471 e. The number of alkyl halides is 3. The Morgan fingerprint density at radius 2 is 1.97 bits per heavy atom. The predicted molar refractivity (Wildman–Crippen MR) is 112 cm³/mol. The highest BCUT2D eigenvalue weighted by atomic mass is 28.4. The standard InChI is InChI=1S/C19H30F3N3O6Si/c1-10-9-25(17(29)24-15(10)27)13-7-12(31-32(5,6)18(2,3)4)14(30-13)11(26)8-23-16(28)19(20,21)22/h9,11-14,26H,7-8H2,1-6H3,(H,23,28)(H,24,27,29)/t11-,12-,13+,14+/m0/s1. The molecule has 32 heavy (non-hydrogen) atoms. The molecule has 1 amide bonds. The molecule has 182 valence electrons. The molecule has 0 aromatic carbocycles. The molecule has 1 fully saturated rings. The van der Waals surface area contributed by atoms with E-state index in [-0.39, 0.29) is 17.0 Å². The summed E-state index contributed by atoms with van der Waals surface area (Å²) in [4.78, 5) is 37.3. The van der Waals surface area contributed by atoms with Crippen molar-refractivity contribution in [1.29, 1.82) is 0 Å². The quantitative estimate of drug-likeness (QED) is 0.530. The number of amides is 1. The fourth-order valence-electron chi connectivity index (χ4n) is 3.06. The van der Waals surface area contributed by atoms with Crippen molar-refractivity contribution in [2.75, 3.05) is 6.54 Å². The van der Waals surface area contributed by atoms with Gasteiger partial charge in [-0.15, -0.1) is 0 Å². The van der Waals surface area contributed by atoms with Crippen molar-refractivity contribution < 1.29 is 32.2 Å². The van der Waals surface area contributed by atoms with Crippen LogP contribution in [0, 0.1) is 6.92 Å². The van der Waals surface area contributed by atoms with Gasteiger partial charge in [-0.25, -0.2) is 4.79 Å². The minimum atomic E-state index is -5.09. The number of nitrogens with zero attached hydrogens (tertiary/aromatic N) is 1. The van der Waals surface area contributed by atoms with E-state index in [1.54, 1.807) is 5.32 Å². The highest BCUT2D eigenvalue weighted by molar-refractivity contribution is 6.74. The monoisotopic (exact) mass is 481 g/mol. The van der Waals surface area contributed by atoms with E-state index in [9.17, 15) is 32.7 Å². The lowest BCUT2D eigenvalue weighted by Crippen LogP contribution is -2.51. The van der Waals surface area contributed by atoms with Gasteiger partial charge in [0.05, 0.1) is 6.10 Å². The molecule has 2 heterocycles. The van der Waals surface area contributed by atoms with Gasteiger partial charge in [-0.3, -0.25) is 19.1 Å². The maximum absolute atomic E-state index is 12.5. The fourth-order valence-corrected chi connectivity index (χ4v) is 4.40. The van der Waals surface area contributed by atoms with Gasteiger partial charge in [-0.1, -0.05) is 20.8 Å². The average molecular weight is 482 g/mol. The van der Waals surface area contributed by atoms with E-state index in [0.29, 0.717) is 0 Å². The Morgan fingerprint density at radius 3 is 2.50 bits per heavy atom. The van der Waals surface area contributed by atoms with Gasteiger partial charge < -0.3 is 19.6 Å². The number of ether oxygens (including phenoxy) is 1. The van der Waals surface area contributed by atoms with Gasteiger partial charge in [0, 0.05) is 24.7 Å². The highest BCUT2D eigenvalue weighted by Gasteiger charge is 2.48. The van der Waals surface area contributed by atoms with Crippen LogP contribution in [0.15, 0.2) is 15.8 Å². The van der Waals surface area contributed by atoms with Crippen LogP contribution in [0.1, 0.15) is 39.0 Å². The summed E-state index contributed by atoms with van der Waals surface area (Å²) in [5.74, 6) is -2.18. The van der Waals surface area contributed by atoms with Gasteiger partial charge in [0.1, 0.15) is 18.4 Å². The summed E-state index contributed by atoms with van der Waals surface area (Å²) >= 11 is 0. The van der Waals surface area contributed by atoms with E-state index >= 15 is 0 Å². The summed E-state index contributed by atoms with van der Waals surface area (Å²) in [6, 6.07) is 0. The third-order valence-corrected chi connectivity index (χ3v) is 10.4. The van der Waals surface area contributed by atoms with Gasteiger partial charge in [0.15, 0.2) is 8.32 Å². The molecular weight excluding hydrogens is 451 g/mol. The number of H-pyrrole nitrogens is 1. The van der Waals surface area contributed by atoms with Crippen LogP contribution in [-0.2, 0) is 14.0 Å². The molecule has 13 heteroatoms. The molecule has 2 rings (SSSR count). The molecule has 1 aromatic rings. The topological polar surface area (TPSA) is 123 Å². The van der Waals surface area contributed by atoms with E-state index in [4.69, 9.17) is 9.16 Å². The second kappa shape index (κ2) is 9.12. The lowest BCUT2D eigenvalue weighted by molar-refractivity contribution is -0.174. The van der Waals surface area contributed by atoms with Gasteiger partial charge >= 0.3 is 17.8 Å². The van der Waals surface area contributed by atoms with Gasteiger partial charge in [0.25, 0.3) is 5.56 Å². The molecule has 4 atom stereocenters. The Kier molecular flexibility index (Phi) is 7.49. The van der Waals surface area contributed by atoms with Crippen molar-refractivity contribution in [2.24, 2.45) is 0 Å². The second-order valence-corrected chi connectivity index (χ2v) is 14.2. The molecule has 1 saturated heterocycles. The minimum Gasteiger partial charge on any atom is -0.411 e. The first-order valence-corrected chi connectivity index (χ1v) is 13.0. The molecule has 0 spiro atoms. The van der Waals surface area contributed by atoms with Crippen molar-refractivity contribution in [3.05, 3.63) is 32.6 Å². The molecule has 0 unspecified atom stereocenters. The molecule has 1 aliphatic heterocycles. The van der Waals surface area contributed by atoms with Crippen molar-refractivity contribution in [2.45, 2.75) is 83.0 Å². The Labute approximate surface area is 184 Å². The molecule has 1 aliphatic rings. The molecule has 0 bridgehead atoms. The number of aliphatic hydroxyl groups excluding tert-OH is 1. The first-order valence-electron chi connectivity index (χ1n) is 10.1. The number of carbonyl (C=O) groups is 1. The van der Waals surface area contributed by atoms with Crippen molar-refractivity contribution in [1.82, 2.24) is 14.9 Å². The normalized spacial score (nSPS) is 23.2. The fraction of sp³-hybridized carbons (Fsp3) is 0.737. The van der Waals surface area contributed by atoms with E-state index in [0.717, 1.165) is 4.57 Å². The van der Waals surface area contributed by atoms with Gasteiger partial charge in [0.2, 0.25) is 0 Å². The van der Waals surface area contributed by atoms with Crippen molar-refractivity contribution in [3.63, 3.8) is 0 Å². The smallest absolute Gasteiger partial charge is 0.411 e. The van der Waals surface area contributed by atoms with Gasteiger partial charge in [-0.2, -0.15) is 13.2 Å². The molecular formula is C19H30F3N3O6Si. The Balaban J connectivity index is 2.31. The number of aromatic amines is 1. The van der Waals surface area contributed by atoms with Crippen LogP contribution in [0.5, 0.6) is 0 Å². The van der Waals surface area contributed by atoms with Gasteiger partial charge in [-0.05, 0) is 25.1 Å². The first-order chi connectivity index (χ1) is 14.4. The number of hydrogen-bond donors (Lipinski definition) is 3. The molecule has 9 nitrogen and oxygen atoms in total. The van der Waals surface area contributed by atoms with Crippen LogP contribution in [-0.4, -0.2) is 59.9 Å². The number of nitrogens with one attached hydrogen (secondary N) is 2. The van der Waals surface area contributed by atoms with Crippen molar-refractivity contribution >= 4 is 14.2 Å². The number of aryl methyl sites for hydroxylation is 1. The second-order valence-electron chi connectivity index (χ2n) is 9.46. The van der Waals surface area contributed by atoms with Crippen LogP contribution in [0.25, 0.3) is 0 Å². The lowest BCUT2D eigenvalue weighted by Gasteiger charge is -2.39. The SMILES string of the molecule is Cc1cn([C@H]2C[C@H](O[Si](C)(C)C(C)(C)C)[C@@H]([C@@H](O)CNC(=O)C(F)(F)F)O2)c(=O)[nH]c1=O. The van der Waals surface area contributed by atoms with Crippen LogP contribution >= 0.6 is 0 Å². The Morgan fingerprint density at radius 1 is 1.38 bits per heavy atom. The Hall–Kier alpha value is -1.96. The summed E-state index contributed by atoms with van der Waals surface area (Å²) in [5, 5.41) is 12.0. The average Bonchev–Trinajstić information content (AvgIpc) is 3.03. The number of halogens is 3. The summed E-state index contributed by atoms with van der Waals surface area (Å²) in [5.41, 5.74) is -1.02. The van der Waals surface area contributed by atoms with Crippen LogP contribution in [0.3, 0.4) is 0 Å². The van der Waals surface area contributed by atoms with Crippen LogP contribution in [0.2, 0.25) is 18.1 Å². The van der Waals surface area contributed by atoms with E-state index in [2.05, 4.69) is 4.98 Å². The maximum Gasteiger partial charge on any atom is 0.471 e. The van der Waals surface area contributed by atoms with Crippen LogP contribution in [0.4, 0.5) is 13.2 Å². The predicted octanol–water partition coefficient (Wildman–Crippen LogP) is 1.56. The number of aromatic nitrogens is 2. The third-order valence-electron chi connectivity index (χ3n) is 5.93. The molecule has 1 aromatic heterocycles. The summed E-state index contributed by atoms with van der Waals surface area (Å²) < 4.78 is 50.8. The zero-order valence-corrected chi connectivity index (χ0v) is 19.9. The lowest BCUT2D eigenvalue weighted by atomic mass is 10.1. The van der Waals surface area contributed by atoms with E-state index < -0.39 is 62.7 Å². The molecule has 0 radical (unpaired) electrons. The molecule has 0 aliphatic carbocycles. The summed E-state index contributed by atoms with van der Waals surface area (Å²) in [7, 11) is -2.40. The Bertz CT molecular complexity index is 953. The summed E-state index contributed by atoms with van der Waals surface area (Å²) in [6.45, 7) is 10.7. The number of aliphatic hydroxyl groups is 1. The van der Waals surface area contributed by atoms with Crippen LogP contribution < -0.4 is 16.6 Å². The molecule has 0 saturated carbocycles. The molecule has 3 N–H and O–H groups in total. The maximum atomic E-state index is 12.5. The summed E-state index contributed by atoms with van der Waals surface area (Å²) in [6.07, 6.45) is -7.97. The van der Waals surface area contributed by atoms with E-state index in [1.165, 1.54) is 13.1 Å². The third kappa shape index (κ3) is 5.88.